The van der Waals surface area contributed by atoms with Gasteiger partial charge in [0.1, 0.15) is 5.54 Å². The largest absolute Gasteiger partial charge is 0.395 e. The Balaban J connectivity index is 2.53. The quantitative estimate of drug-likeness (QED) is 0.622. The Hall–Kier alpha value is -0.630. The number of likely N-dealkylation sites (tertiary alicyclic amines) is 1. The van der Waals surface area contributed by atoms with Gasteiger partial charge < -0.3 is 10.0 Å². The van der Waals surface area contributed by atoms with Crippen LogP contribution in [0.15, 0.2) is 0 Å². The molecule has 0 aromatic rings. The van der Waals surface area contributed by atoms with Gasteiger partial charge in [-0.3, -0.25) is 5.32 Å². The van der Waals surface area contributed by atoms with Gasteiger partial charge in [0, 0.05) is 13.1 Å². The number of aliphatic hydroxyl groups excluding tert-OH is 1. The molecule has 0 radical (unpaired) electrons. The van der Waals surface area contributed by atoms with E-state index >= 15 is 0 Å². The highest BCUT2D eigenvalue weighted by molar-refractivity contribution is 5.10. The molecule has 1 rings (SSSR count). The number of rotatable bonds is 3. The van der Waals surface area contributed by atoms with Crippen molar-refractivity contribution in [2.75, 3.05) is 33.3 Å². The molecule has 1 fully saturated rings. The van der Waals surface area contributed by atoms with E-state index in [0.717, 1.165) is 25.9 Å². The molecule has 0 aromatic carbocycles. The Morgan fingerprint density at radius 2 is 2.46 bits per heavy atom. The van der Waals surface area contributed by atoms with Crippen LogP contribution >= 0.6 is 0 Å². The van der Waals surface area contributed by atoms with E-state index in [9.17, 15) is 0 Å². The third-order valence-electron chi connectivity index (χ3n) is 2.47. The number of hydrogen-bond acceptors (Lipinski definition) is 4. The lowest BCUT2D eigenvalue weighted by Gasteiger charge is -2.36. The maximum absolute atomic E-state index is 9.07. The van der Waals surface area contributed by atoms with Crippen LogP contribution in [-0.4, -0.2) is 48.8 Å². The monoisotopic (exact) mass is 183 g/mol. The summed E-state index contributed by atoms with van der Waals surface area (Å²) in [7, 11) is 2.02. The Labute approximate surface area is 79.1 Å². The number of nitriles is 1. The molecule has 0 saturated carbocycles. The third kappa shape index (κ3) is 2.66. The average Bonchev–Trinajstić information content (AvgIpc) is 2.15. The van der Waals surface area contributed by atoms with Gasteiger partial charge in [-0.25, -0.2) is 0 Å². The molecule has 13 heavy (non-hydrogen) atoms. The number of nitrogens with zero attached hydrogens (tertiary/aromatic N) is 2. The van der Waals surface area contributed by atoms with Gasteiger partial charge in [-0.15, -0.1) is 0 Å². The number of likely N-dealkylation sites (N-methyl/N-ethyl adjacent to an activating group) is 1. The second-order valence-electron chi connectivity index (χ2n) is 3.69. The van der Waals surface area contributed by atoms with E-state index in [1.54, 1.807) is 0 Å². The molecule has 1 saturated heterocycles. The van der Waals surface area contributed by atoms with Crippen LogP contribution in [0.3, 0.4) is 0 Å². The minimum atomic E-state index is -0.435. The molecule has 1 unspecified atom stereocenters. The molecule has 0 aromatic heterocycles. The molecular weight excluding hydrogens is 166 g/mol. The van der Waals surface area contributed by atoms with Crippen molar-refractivity contribution < 1.29 is 5.11 Å². The van der Waals surface area contributed by atoms with Gasteiger partial charge in [-0.05, 0) is 26.4 Å². The second-order valence-corrected chi connectivity index (χ2v) is 3.69. The van der Waals surface area contributed by atoms with E-state index in [0.29, 0.717) is 6.54 Å². The molecule has 0 spiro atoms. The lowest BCUT2D eigenvalue weighted by Crippen LogP contribution is -2.55. The zero-order valence-corrected chi connectivity index (χ0v) is 8.08. The van der Waals surface area contributed by atoms with Crippen LogP contribution in [0.25, 0.3) is 0 Å². The van der Waals surface area contributed by atoms with Crippen LogP contribution in [0, 0.1) is 11.3 Å². The summed E-state index contributed by atoms with van der Waals surface area (Å²) in [6.45, 7) is 2.41. The first-order valence-corrected chi connectivity index (χ1v) is 4.68. The fourth-order valence-electron chi connectivity index (χ4n) is 1.84. The highest BCUT2D eigenvalue weighted by atomic mass is 16.3. The zero-order chi connectivity index (χ0) is 9.73. The van der Waals surface area contributed by atoms with Crippen molar-refractivity contribution in [3.63, 3.8) is 0 Å². The van der Waals surface area contributed by atoms with Crippen molar-refractivity contribution in [1.82, 2.24) is 10.2 Å². The van der Waals surface area contributed by atoms with Crippen LogP contribution in [0.4, 0.5) is 0 Å². The normalized spacial score (nSPS) is 29.9. The summed E-state index contributed by atoms with van der Waals surface area (Å²) >= 11 is 0. The maximum atomic E-state index is 9.07. The molecule has 1 heterocycles. The van der Waals surface area contributed by atoms with Gasteiger partial charge in [0.15, 0.2) is 0 Å². The third-order valence-corrected chi connectivity index (χ3v) is 2.47. The van der Waals surface area contributed by atoms with E-state index < -0.39 is 5.54 Å². The predicted octanol–water partition coefficient (Wildman–Crippen LogP) is -0.444. The first kappa shape index (κ1) is 10.5. The van der Waals surface area contributed by atoms with Gasteiger partial charge >= 0.3 is 0 Å². The lowest BCUT2D eigenvalue weighted by molar-refractivity contribution is 0.174. The number of piperidine rings is 1. The van der Waals surface area contributed by atoms with E-state index in [-0.39, 0.29) is 6.61 Å². The number of nitrogens with one attached hydrogen (secondary N) is 1. The molecule has 2 N–H and O–H groups in total. The number of aliphatic hydroxyl groups is 1. The first-order valence-electron chi connectivity index (χ1n) is 4.68. The van der Waals surface area contributed by atoms with Gasteiger partial charge in [0.25, 0.3) is 0 Å². The van der Waals surface area contributed by atoms with E-state index in [1.165, 1.54) is 0 Å². The maximum Gasteiger partial charge on any atom is 0.119 e. The van der Waals surface area contributed by atoms with Crippen LogP contribution < -0.4 is 5.32 Å². The van der Waals surface area contributed by atoms with Crippen molar-refractivity contribution in [1.29, 1.82) is 5.26 Å². The summed E-state index contributed by atoms with van der Waals surface area (Å²) in [5.74, 6) is 0. The SMILES string of the molecule is CN1CCCC(C#N)(NCCO)C1. The summed E-state index contributed by atoms with van der Waals surface area (Å²) < 4.78 is 0. The molecule has 1 aliphatic heterocycles. The van der Waals surface area contributed by atoms with E-state index in [2.05, 4.69) is 16.3 Å². The lowest BCUT2D eigenvalue weighted by atomic mass is 9.91. The van der Waals surface area contributed by atoms with Crippen LogP contribution in [0.5, 0.6) is 0 Å². The average molecular weight is 183 g/mol. The topological polar surface area (TPSA) is 59.3 Å². The Morgan fingerprint density at radius 3 is 3.00 bits per heavy atom. The molecule has 74 valence electrons. The Morgan fingerprint density at radius 1 is 1.69 bits per heavy atom. The minimum absolute atomic E-state index is 0.0904. The molecule has 1 atom stereocenters. The van der Waals surface area contributed by atoms with Gasteiger partial charge in [-0.1, -0.05) is 0 Å². The van der Waals surface area contributed by atoms with Crippen molar-refractivity contribution >= 4 is 0 Å². The molecule has 4 nitrogen and oxygen atoms in total. The van der Waals surface area contributed by atoms with Crippen molar-refractivity contribution in [2.24, 2.45) is 0 Å². The first-order chi connectivity index (χ1) is 6.22. The van der Waals surface area contributed by atoms with E-state index in [4.69, 9.17) is 10.4 Å². The molecule has 0 bridgehead atoms. The van der Waals surface area contributed by atoms with E-state index in [1.807, 2.05) is 7.05 Å². The molecule has 1 aliphatic rings. The van der Waals surface area contributed by atoms with Crippen LogP contribution in [0.2, 0.25) is 0 Å². The van der Waals surface area contributed by atoms with Crippen molar-refractivity contribution in [2.45, 2.75) is 18.4 Å². The Kier molecular flexibility index (Phi) is 3.67. The fourth-order valence-corrected chi connectivity index (χ4v) is 1.84. The fraction of sp³-hybridized carbons (Fsp3) is 0.889. The molecule has 0 aliphatic carbocycles. The minimum Gasteiger partial charge on any atom is -0.395 e. The smallest absolute Gasteiger partial charge is 0.119 e. The summed E-state index contributed by atoms with van der Waals surface area (Å²) in [6.07, 6.45) is 1.93. The summed E-state index contributed by atoms with van der Waals surface area (Å²) in [6, 6.07) is 2.32. The predicted molar refractivity (Wildman–Crippen MR) is 50.2 cm³/mol. The molecule has 0 amide bonds. The van der Waals surface area contributed by atoms with Gasteiger partial charge in [0.2, 0.25) is 0 Å². The van der Waals surface area contributed by atoms with Gasteiger partial charge in [-0.2, -0.15) is 5.26 Å². The summed E-state index contributed by atoms with van der Waals surface area (Å²) in [5, 5.41) is 20.9. The Bertz CT molecular complexity index is 202. The van der Waals surface area contributed by atoms with Crippen LogP contribution in [0.1, 0.15) is 12.8 Å². The summed E-state index contributed by atoms with van der Waals surface area (Å²) in [4.78, 5) is 2.15. The molecule has 4 heteroatoms. The van der Waals surface area contributed by atoms with Crippen molar-refractivity contribution in [3.05, 3.63) is 0 Å². The molecular formula is C9H17N3O. The standard InChI is InChI=1S/C9H17N3O/c1-12-5-2-3-9(7-10,8-12)11-4-6-13/h11,13H,2-6,8H2,1H3. The van der Waals surface area contributed by atoms with Crippen LogP contribution in [-0.2, 0) is 0 Å². The van der Waals surface area contributed by atoms with Gasteiger partial charge in [0.05, 0.1) is 12.7 Å². The van der Waals surface area contributed by atoms with Crippen molar-refractivity contribution in [3.8, 4) is 6.07 Å². The highest BCUT2D eigenvalue weighted by Gasteiger charge is 2.33. The zero-order valence-electron chi connectivity index (χ0n) is 8.08. The summed E-state index contributed by atoms with van der Waals surface area (Å²) in [5.41, 5.74) is -0.435. The number of hydrogen-bond donors (Lipinski definition) is 2. The number of β-amino-alcohol motifs (C(OH)–C–C–N with tert-alkyl or cyclic N) is 1. The highest BCUT2D eigenvalue weighted by Crippen LogP contribution is 2.18. The second kappa shape index (κ2) is 4.56.